The lowest BCUT2D eigenvalue weighted by Gasteiger charge is -2.62. The van der Waals surface area contributed by atoms with Crippen LogP contribution in [0.5, 0.6) is 11.5 Å². The number of amides is 2. The topological polar surface area (TPSA) is 179 Å². The Kier molecular flexibility index (Phi) is 10.5. The van der Waals surface area contributed by atoms with E-state index in [1.54, 1.807) is 0 Å². The predicted molar refractivity (Wildman–Crippen MR) is 182 cm³/mol. The van der Waals surface area contributed by atoms with Gasteiger partial charge in [0.25, 0.3) is 5.91 Å². The molecule has 10 heteroatoms. The van der Waals surface area contributed by atoms with Gasteiger partial charge in [-0.15, -0.1) is 0 Å². The fraction of sp³-hybridized carbons (Fsp3) is 0.763. The van der Waals surface area contributed by atoms with Crippen molar-refractivity contribution in [3.05, 3.63) is 17.7 Å². The monoisotopic (exact) mass is 670 g/mol. The van der Waals surface area contributed by atoms with E-state index in [1.807, 2.05) is 0 Å². The zero-order chi connectivity index (χ0) is 35.2. The average molecular weight is 671 g/mol. The van der Waals surface area contributed by atoms with Crippen molar-refractivity contribution in [2.45, 2.75) is 136 Å². The van der Waals surface area contributed by atoms with E-state index in [0.717, 1.165) is 63.9 Å². The lowest BCUT2D eigenvalue weighted by molar-refractivity contribution is -0.187. The van der Waals surface area contributed by atoms with Gasteiger partial charge in [0, 0.05) is 6.42 Å². The highest BCUT2D eigenvalue weighted by Gasteiger charge is 2.64. The van der Waals surface area contributed by atoms with Crippen LogP contribution in [-0.4, -0.2) is 56.0 Å². The minimum atomic E-state index is -1.04. The van der Waals surface area contributed by atoms with Crippen LogP contribution in [0.1, 0.15) is 128 Å². The molecule has 268 valence electrons. The molecule has 0 aliphatic heterocycles. The van der Waals surface area contributed by atoms with Gasteiger partial charge in [0.2, 0.25) is 5.91 Å². The third-order valence-electron chi connectivity index (χ3n) is 13.4. The molecular formula is C38H58N2O8. The summed E-state index contributed by atoms with van der Waals surface area (Å²) >= 11 is 0. The van der Waals surface area contributed by atoms with Crippen LogP contribution < -0.4 is 11.1 Å². The van der Waals surface area contributed by atoms with Gasteiger partial charge in [-0.1, -0.05) is 40.5 Å². The van der Waals surface area contributed by atoms with Gasteiger partial charge in [0.05, 0.1) is 23.8 Å². The maximum Gasteiger partial charge on any atom is 0.306 e. The number of esters is 1. The lowest BCUT2D eigenvalue weighted by Crippen LogP contribution is -2.59. The second-order valence-corrected chi connectivity index (χ2v) is 16.8. The molecule has 0 radical (unpaired) electrons. The summed E-state index contributed by atoms with van der Waals surface area (Å²) in [5.41, 5.74) is 3.97. The van der Waals surface area contributed by atoms with Crippen molar-refractivity contribution in [2.24, 2.45) is 52.1 Å². The second kappa shape index (κ2) is 13.8. The smallest absolute Gasteiger partial charge is 0.306 e. The number of ether oxygens (including phenoxy) is 1. The van der Waals surface area contributed by atoms with Crippen molar-refractivity contribution in [1.82, 2.24) is 0 Å². The molecule has 4 fully saturated rings. The van der Waals surface area contributed by atoms with Gasteiger partial charge in [-0.2, -0.15) is 0 Å². The minimum absolute atomic E-state index is 0.0335. The Morgan fingerprint density at radius 1 is 1.00 bits per heavy atom. The molecule has 1 aromatic carbocycles. The number of primary amides is 1. The first-order valence-corrected chi connectivity index (χ1v) is 18.2. The van der Waals surface area contributed by atoms with E-state index in [2.05, 4.69) is 39.9 Å². The normalized spacial score (nSPS) is 35.5. The largest absolute Gasteiger partial charge is 0.507 e. The number of carbonyl (C=O) groups excluding carboxylic acids is 3. The Hall–Kier alpha value is -2.85. The number of phenols is 2. The lowest BCUT2D eigenvalue weighted by atomic mass is 9.43. The van der Waals surface area contributed by atoms with Crippen LogP contribution in [0, 0.1) is 46.3 Å². The van der Waals surface area contributed by atoms with Crippen molar-refractivity contribution in [2.75, 3.05) is 5.32 Å². The van der Waals surface area contributed by atoms with Crippen molar-refractivity contribution in [3.63, 3.8) is 0 Å². The van der Waals surface area contributed by atoms with Crippen LogP contribution >= 0.6 is 0 Å². The first kappa shape index (κ1) is 36.4. The molecule has 4 aliphatic carbocycles. The van der Waals surface area contributed by atoms with E-state index in [4.69, 9.17) is 10.5 Å². The van der Waals surface area contributed by atoms with Gasteiger partial charge in [0.1, 0.15) is 17.4 Å². The number of nitrogens with two attached hydrogens (primary N) is 1. The highest BCUT2D eigenvalue weighted by molar-refractivity contribution is 6.02. The zero-order valence-electron chi connectivity index (χ0n) is 29.5. The number of aliphatic hydroxyl groups is 2. The molecule has 0 heterocycles. The van der Waals surface area contributed by atoms with Gasteiger partial charge in [-0.3, -0.25) is 14.4 Å². The maximum atomic E-state index is 12.8. The van der Waals surface area contributed by atoms with E-state index in [1.165, 1.54) is 6.07 Å². The summed E-state index contributed by atoms with van der Waals surface area (Å²) in [5, 5.41) is 45.9. The number of nitrogens with one attached hydrogen (secondary N) is 1. The summed E-state index contributed by atoms with van der Waals surface area (Å²) in [6.45, 7) is 11.3. The number of anilines is 1. The number of aromatic hydroxyl groups is 2. The molecule has 5 rings (SSSR count). The number of aliphatic hydroxyl groups excluding tert-OH is 1. The Bertz CT molecular complexity index is 1380. The van der Waals surface area contributed by atoms with Crippen LogP contribution in [0.2, 0.25) is 0 Å². The molecular weight excluding hydrogens is 612 g/mol. The van der Waals surface area contributed by atoms with Crippen LogP contribution in [-0.2, 0) is 14.3 Å². The number of benzene rings is 1. The standard InChI is InChI=1S/C38H58N2O8/c1-21(2)7-6-16-38(5,47)30-11-8-24-23-20-29(42)26-19-22(14-17-36(26,3)25(23)15-18-37(24,30)4)48-32(44)13-12-31(43)40-27-9-10-28(41)33(34(27)45)35(39)46/h9-10,21-26,29-30,41-42,45,47H,6-8,11-20H2,1-5H3,(H2,39,46)(H,40,43). The molecule has 2 amide bonds. The average Bonchev–Trinajstić information content (AvgIpc) is 3.36. The van der Waals surface area contributed by atoms with Gasteiger partial charge in [0.15, 0.2) is 5.75 Å². The third-order valence-corrected chi connectivity index (χ3v) is 13.4. The quantitative estimate of drug-likeness (QED) is 0.0938. The molecule has 4 aliphatic rings. The highest BCUT2D eigenvalue weighted by Crippen LogP contribution is 2.69. The summed E-state index contributed by atoms with van der Waals surface area (Å²) in [4.78, 5) is 36.9. The molecule has 10 unspecified atom stereocenters. The highest BCUT2D eigenvalue weighted by atomic mass is 16.5. The van der Waals surface area contributed by atoms with Gasteiger partial charge < -0.3 is 36.2 Å². The van der Waals surface area contributed by atoms with E-state index < -0.39 is 46.6 Å². The summed E-state index contributed by atoms with van der Waals surface area (Å²) in [6.07, 6.45) is 9.20. The number of hydrogen-bond donors (Lipinski definition) is 6. The van der Waals surface area contributed by atoms with Crippen LogP contribution in [0.3, 0.4) is 0 Å². The Labute approximate surface area is 285 Å². The molecule has 1 aromatic rings. The fourth-order valence-electron chi connectivity index (χ4n) is 11.0. The van der Waals surface area contributed by atoms with Crippen molar-refractivity contribution < 1.29 is 39.5 Å². The SMILES string of the molecule is CC(C)CCCC(C)(O)C1CCC2C3CC(O)C4CC(OC(=O)CCC(=O)Nc5ccc(O)c(C(N)=O)c5O)CCC4(C)C3CCC21C. The van der Waals surface area contributed by atoms with Gasteiger partial charge in [-0.05, 0) is 123 Å². The molecule has 0 spiro atoms. The van der Waals surface area contributed by atoms with E-state index in [9.17, 15) is 34.8 Å². The molecule has 4 saturated carbocycles. The molecule has 0 aromatic heterocycles. The Balaban J connectivity index is 1.16. The van der Waals surface area contributed by atoms with Gasteiger partial charge in [-0.25, -0.2) is 0 Å². The molecule has 0 saturated heterocycles. The Morgan fingerprint density at radius 2 is 1.69 bits per heavy atom. The molecule has 7 N–H and O–H groups in total. The van der Waals surface area contributed by atoms with Gasteiger partial charge >= 0.3 is 5.97 Å². The second-order valence-electron chi connectivity index (χ2n) is 16.8. The predicted octanol–water partition coefficient (Wildman–Crippen LogP) is 6.03. The van der Waals surface area contributed by atoms with Crippen LogP contribution in [0.4, 0.5) is 5.69 Å². The van der Waals surface area contributed by atoms with Crippen molar-refractivity contribution in [3.8, 4) is 11.5 Å². The van der Waals surface area contributed by atoms with E-state index in [0.29, 0.717) is 36.5 Å². The van der Waals surface area contributed by atoms with Crippen molar-refractivity contribution in [1.29, 1.82) is 0 Å². The number of fused-ring (bicyclic) bond motifs is 5. The summed E-state index contributed by atoms with van der Waals surface area (Å²) in [7, 11) is 0. The number of rotatable bonds is 11. The van der Waals surface area contributed by atoms with Crippen molar-refractivity contribution >= 4 is 23.5 Å². The Morgan fingerprint density at radius 3 is 2.38 bits per heavy atom. The first-order valence-electron chi connectivity index (χ1n) is 18.2. The number of hydrogen-bond acceptors (Lipinski definition) is 8. The molecule has 10 atom stereocenters. The number of carbonyl (C=O) groups is 3. The summed E-state index contributed by atoms with van der Waals surface area (Å²) in [5.74, 6) is -0.873. The molecule has 10 nitrogen and oxygen atoms in total. The van der Waals surface area contributed by atoms with E-state index in [-0.39, 0.29) is 47.3 Å². The van der Waals surface area contributed by atoms with E-state index >= 15 is 0 Å². The minimum Gasteiger partial charge on any atom is -0.507 e. The fourth-order valence-corrected chi connectivity index (χ4v) is 11.0. The summed E-state index contributed by atoms with van der Waals surface area (Å²) in [6, 6.07) is 2.38. The molecule has 0 bridgehead atoms. The third kappa shape index (κ3) is 6.93. The first-order chi connectivity index (χ1) is 22.5. The van der Waals surface area contributed by atoms with Crippen LogP contribution in [0.15, 0.2) is 12.1 Å². The summed E-state index contributed by atoms with van der Waals surface area (Å²) < 4.78 is 5.84. The van der Waals surface area contributed by atoms with Crippen LogP contribution in [0.25, 0.3) is 0 Å². The molecule has 48 heavy (non-hydrogen) atoms. The zero-order valence-corrected chi connectivity index (χ0v) is 29.5. The maximum absolute atomic E-state index is 12.8.